The summed E-state index contributed by atoms with van der Waals surface area (Å²) in [5.74, 6) is 0.0450. The lowest BCUT2D eigenvalue weighted by Crippen LogP contribution is -2.42. The first kappa shape index (κ1) is 13.0. The molecule has 1 aliphatic rings. The van der Waals surface area contributed by atoms with Crippen LogP contribution in [0.15, 0.2) is 23.3 Å². The lowest BCUT2D eigenvalue weighted by Gasteiger charge is -2.31. The molecular formula is C12H16ClNO2. The van der Waals surface area contributed by atoms with Gasteiger partial charge in [-0.25, -0.2) is 0 Å². The molecule has 16 heavy (non-hydrogen) atoms. The number of rotatable bonds is 5. The molecule has 0 unspecified atom stereocenters. The maximum Gasteiger partial charge on any atom is 0.227 e. The minimum atomic E-state index is -0.0132. The Morgan fingerprint density at radius 2 is 2.00 bits per heavy atom. The highest BCUT2D eigenvalue weighted by Crippen LogP contribution is 2.20. The number of nitrogens with zero attached hydrogens (tertiary/aromatic N) is 1. The smallest absolute Gasteiger partial charge is 0.227 e. The summed E-state index contributed by atoms with van der Waals surface area (Å²) in [7, 11) is 0. The van der Waals surface area contributed by atoms with E-state index in [-0.39, 0.29) is 24.5 Å². The second-order valence-electron chi connectivity index (χ2n) is 3.92. The molecule has 0 radical (unpaired) electrons. The lowest BCUT2D eigenvalue weighted by molar-refractivity contribution is -0.133. The second kappa shape index (κ2) is 5.85. The van der Waals surface area contributed by atoms with E-state index in [9.17, 15) is 9.59 Å². The Morgan fingerprint density at radius 1 is 1.38 bits per heavy atom. The van der Waals surface area contributed by atoms with Gasteiger partial charge in [-0.2, -0.15) is 0 Å². The molecule has 0 aromatic rings. The zero-order valence-electron chi connectivity index (χ0n) is 9.46. The van der Waals surface area contributed by atoms with Gasteiger partial charge in [0.1, 0.15) is 5.78 Å². The molecule has 1 saturated heterocycles. The fourth-order valence-electron chi connectivity index (χ4n) is 1.45. The van der Waals surface area contributed by atoms with E-state index in [2.05, 4.69) is 6.58 Å². The van der Waals surface area contributed by atoms with Crippen LogP contribution in [0.3, 0.4) is 0 Å². The molecule has 0 saturated carbocycles. The largest absolute Gasteiger partial charge is 0.342 e. The van der Waals surface area contributed by atoms with E-state index in [1.807, 2.05) is 0 Å². The van der Waals surface area contributed by atoms with Gasteiger partial charge in [-0.3, -0.25) is 9.59 Å². The third-order valence-corrected chi connectivity index (χ3v) is 2.93. The van der Waals surface area contributed by atoms with Crippen LogP contribution in [0.4, 0.5) is 0 Å². The number of Topliss-reactive ketones (excluding diaryl/α,β-unsaturated/α-hetero) is 1. The Kier molecular flexibility index (Phi) is 4.74. The molecule has 0 bridgehead atoms. The maximum absolute atomic E-state index is 11.7. The van der Waals surface area contributed by atoms with Crippen molar-refractivity contribution in [2.75, 3.05) is 13.1 Å². The molecule has 1 heterocycles. The van der Waals surface area contributed by atoms with Gasteiger partial charge in [0.25, 0.3) is 0 Å². The van der Waals surface area contributed by atoms with E-state index >= 15 is 0 Å². The first-order chi connectivity index (χ1) is 7.54. The Bertz CT molecular complexity index is 343. The first-order valence-electron chi connectivity index (χ1n) is 5.31. The number of hydrogen-bond acceptors (Lipinski definition) is 2. The van der Waals surface area contributed by atoms with Crippen molar-refractivity contribution in [2.45, 2.75) is 26.2 Å². The number of carbonyl (C=O) groups excluding carboxylic acids is 2. The third-order valence-electron chi connectivity index (χ3n) is 2.55. The fourth-order valence-corrected chi connectivity index (χ4v) is 1.78. The second-order valence-corrected chi connectivity index (χ2v) is 4.38. The van der Waals surface area contributed by atoms with E-state index in [1.54, 1.807) is 11.0 Å². The van der Waals surface area contributed by atoms with Crippen LogP contribution >= 0.6 is 11.6 Å². The molecule has 88 valence electrons. The number of ketones is 1. The summed E-state index contributed by atoms with van der Waals surface area (Å²) in [5, 5.41) is 0.427. The summed E-state index contributed by atoms with van der Waals surface area (Å²) in [6, 6.07) is 0. The normalized spacial score (nSPS) is 16.2. The van der Waals surface area contributed by atoms with Gasteiger partial charge in [0, 0.05) is 24.5 Å². The molecule has 0 aromatic carbocycles. The molecule has 0 atom stereocenters. The van der Waals surface area contributed by atoms with E-state index < -0.39 is 0 Å². The van der Waals surface area contributed by atoms with Crippen LogP contribution in [0, 0.1) is 0 Å². The van der Waals surface area contributed by atoms with Crippen molar-refractivity contribution >= 4 is 23.3 Å². The standard InChI is InChI=1S/C12H16ClNO2/c1-3-10(11(13)7-9(2)15)8-12(16)14-5-4-6-14/h3H,1,4-8H2,2H3. The molecule has 1 amide bonds. The zero-order valence-corrected chi connectivity index (χ0v) is 10.2. The van der Waals surface area contributed by atoms with Gasteiger partial charge >= 0.3 is 0 Å². The highest BCUT2D eigenvalue weighted by atomic mass is 35.5. The third kappa shape index (κ3) is 3.49. The zero-order chi connectivity index (χ0) is 12.1. The van der Waals surface area contributed by atoms with Crippen LogP contribution in [-0.4, -0.2) is 29.7 Å². The van der Waals surface area contributed by atoms with Crippen molar-refractivity contribution in [1.82, 2.24) is 4.90 Å². The van der Waals surface area contributed by atoms with E-state index in [0.29, 0.717) is 10.6 Å². The van der Waals surface area contributed by atoms with Crippen molar-refractivity contribution in [3.8, 4) is 0 Å². The summed E-state index contributed by atoms with van der Waals surface area (Å²) in [5.41, 5.74) is 0.661. The first-order valence-corrected chi connectivity index (χ1v) is 5.69. The minimum Gasteiger partial charge on any atom is -0.342 e. The molecule has 1 rings (SSSR count). The number of carbonyl (C=O) groups is 2. The van der Waals surface area contributed by atoms with Crippen LogP contribution in [0.5, 0.6) is 0 Å². The monoisotopic (exact) mass is 241 g/mol. The van der Waals surface area contributed by atoms with Gasteiger partial charge in [0.15, 0.2) is 0 Å². The summed E-state index contributed by atoms with van der Waals surface area (Å²) in [6.07, 6.45) is 3.05. The maximum atomic E-state index is 11.7. The fraction of sp³-hybridized carbons (Fsp3) is 0.500. The molecule has 0 aliphatic carbocycles. The Hall–Kier alpha value is -1.09. The van der Waals surface area contributed by atoms with Gasteiger partial charge in [0.05, 0.1) is 6.42 Å². The predicted molar refractivity (Wildman–Crippen MR) is 64.2 cm³/mol. The Balaban J connectivity index is 2.62. The van der Waals surface area contributed by atoms with Crippen LogP contribution in [-0.2, 0) is 9.59 Å². The molecule has 0 aromatic heterocycles. The van der Waals surface area contributed by atoms with Gasteiger partial charge in [-0.05, 0) is 18.9 Å². The van der Waals surface area contributed by atoms with Gasteiger partial charge in [-0.15, -0.1) is 0 Å². The number of likely N-dealkylation sites (tertiary alicyclic amines) is 1. The van der Waals surface area contributed by atoms with Crippen molar-refractivity contribution in [1.29, 1.82) is 0 Å². The number of allylic oxidation sites excluding steroid dienone is 2. The number of amides is 1. The minimum absolute atomic E-state index is 0.0132. The van der Waals surface area contributed by atoms with E-state index in [4.69, 9.17) is 11.6 Å². The average Bonchev–Trinajstić information content (AvgIpc) is 2.09. The van der Waals surface area contributed by atoms with Gasteiger partial charge in [0.2, 0.25) is 5.91 Å². The SMILES string of the molecule is C=CC(CC(=O)N1CCC1)=C(Cl)CC(C)=O. The van der Waals surface area contributed by atoms with E-state index in [1.165, 1.54) is 6.92 Å². The molecule has 3 nitrogen and oxygen atoms in total. The molecule has 0 spiro atoms. The molecule has 1 fully saturated rings. The van der Waals surface area contributed by atoms with Crippen LogP contribution in [0.2, 0.25) is 0 Å². The Morgan fingerprint density at radius 3 is 2.38 bits per heavy atom. The Labute approximate surface area is 101 Å². The summed E-state index contributed by atoms with van der Waals surface area (Å²) < 4.78 is 0. The van der Waals surface area contributed by atoms with Crippen LogP contribution < -0.4 is 0 Å². The number of hydrogen-bond donors (Lipinski definition) is 0. The van der Waals surface area contributed by atoms with Crippen LogP contribution in [0.1, 0.15) is 26.2 Å². The van der Waals surface area contributed by atoms with Crippen molar-refractivity contribution in [3.05, 3.63) is 23.3 Å². The van der Waals surface area contributed by atoms with Crippen LogP contribution in [0.25, 0.3) is 0 Å². The summed E-state index contributed by atoms with van der Waals surface area (Å²) in [6.45, 7) is 6.75. The highest BCUT2D eigenvalue weighted by Gasteiger charge is 2.21. The lowest BCUT2D eigenvalue weighted by atomic mass is 10.1. The summed E-state index contributed by atoms with van der Waals surface area (Å²) >= 11 is 5.97. The van der Waals surface area contributed by atoms with Crippen molar-refractivity contribution < 1.29 is 9.59 Å². The predicted octanol–water partition coefficient (Wildman–Crippen LogP) is 2.27. The number of halogens is 1. The average molecular weight is 242 g/mol. The quantitative estimate of drug-likeness (QED) is 0.693. The summed E-state index contributed by atoms with van der Waals surface area (Å²) in [4.78, 5) is 24.4. The topological polar surface area (TPSA) is 37.4 Å². The molecule has 4 heteroatoms. The van der Waals surface area contributed by atoms with E-state index in [0.717, 1.165) is 19.5 Å². The van der Waals surface area contributed by atoms with Gasteiger partial charge in [-0.1, -0.05) is 24.3 Å². The molecule has 1 aliphatic heterocycles. The van der Waals surface area contributed by atoms with Crippen molar-refractivity contribution in [2.24, 2.45) is 0 Å². The van der Waals surface area contributed by atoms with Gasteiger partial charge < -0.3 is 4.90 Å². The highest BCUT2D eigenvalue weighted by molar-refractivity contribution is 6.31. The molecular weight excluding hydrogens is 226 g/mol. The molecule has 0 N–H and O–H groups in total. The van der Waals surface area contributed by atoms with Crippen molar-refractivity contribution in [3.63, 3.8) is 0 Å².